The second kappa shape index (κ2) is 9.76. The molecule has 0 bridgehead atoms. The van der Waals surface area contributed by atoms with Gasteiger partial charge in [0.2, 0.25) is 0 Å². The molecule has 0 fully saturated rings. The number of carboxylic acid groups (broad SMARTS) is 1. The number of aromatic nitrogens is 2. The summed E-state index contributed by atoms with van der Waals surface area (Å²) >= 11 is 0. The van der Waals surface area contributed by atoms with E-state index in [1.807, 2.05) is 13.8 Å². The van der Waals surface area contributed by atoms with Crippen LogP contribution in [0.3, 0.4) is 0 Å². The minimum absolute atomic E-state index is 0.00794. The number of hydrogen-bond donors (Lipinski definition) is 1. The molecule has 188 valence electrons. The lowest BCUT2D eigenvalue weighted by Crippen LogP contribution is -2.37. The van der Waals surface area contributed by atoms with Crippen molar-refractivity contribution in [1.82, 2.24) is 9.13 Å². The number of rotatable bonds is 7. The highest BCUT2D eigenvalue weighted by atomic mass is 19.4. The van der Waals surface area contributed by atoms with Crippen molar-refractivity contribution in [2.45, 2.75) is 65.7 Å². The first-order valence-corrected chi connectivity index (χ1v) is 11.6. The van der Waals surface area contributed by atoms with Gasteiger partial charge < -0.3 is 5.11 Å². The molecule has 1 heterocycles. The molecule has 1 N–H and O–H groups in total. The smallest absolute Gasteiger partial charge is 0.433 e. The van der Waals surface area contributed by atoms with Crippen LogP contribution in [0.2, 0.25) is 0 Å². The minimum atomic E-state index is -4.67. The van der Waals surface area contributed by atoms with Crippen molar-refractivity contribution in [3.05, 3.63) is 81.5 Å². The van der Waals surface area contributed by atoms with Crippen molar-refractivity contribution < 1.29 is 23.1 Å². The van der Waals surface area contributed by atoms with Crippen LogP contribution < -0.4 is 5.69 Å². The number of aromatic carboxylic acids is 1. The van der Waals surface area contributed by atoms with Gasteiger partial charge in [0.1, 0.15) is 5.69 Å². The van der Waals surface area contributed by atoms with E-state index in [0.29, 0.717) is 23.1 Å². The van der Waals surface area contributed by atoms with E-state index in [9.17, 15) is 27.9 Å². The summed E-state index contributed by atoms with van der Waals surface area (Å²) in [5.41, 5.74) is -0.622. The molecule has 0 radical (unpaired) electrons. The fourth-order valence-electron chi connectivity index (χ4n) is 4.24. The molecule has 0 amide bonds. The predicted molar refractivity (Wildman–Crippen MR) is 130 cm³/mol. The molecule has 2 aromatic carbocycles. The van der Waals surface area contributed by atoms with Gasteiger partial charge in [-0.3, -0.25) is 9.13 Å². The summed E-state index contributed by atoms with van der Waals surface area (Å²) in [7, 11) is 0. The Kier molecular flexibility index (Phi) is 7.34. The molecule has 0 saturated carbocycles. The van der Waals surface area contributed by atoms with Crippen molar-refractivity contribution >= 4 is 5.97 Å². The van der Waals surface area contributed by atoms with Crippen molar-refractivity contribution in [3.8, 4) is 11.1 Å². The third-order valence-corrected chi connectivity index (χ3v) is 5.91. The maximum absolute atomic E-state index is 14.2. The topological polar surface area (TPSA) is 64.2 Å². The molecule has 35 heavy (non-hydrogen) atoms. The third-order valence-electron chi connectivity index (χ3n) is 5.91. The van der Waals surface area contributed by atoms with Crippen LogP contribution in [0.1, 0.15) is 68.3 Å². The van der Waals surface area contributed by atoms with E-state index in [4.69, 9.17) is 0 Å². The highest BCUT2D eigenvalue weighted by molar-refractivity contribution is 5.95. The van der Waals surface area contributed by atoms with Crippen molar-refractivity contribution in [2.75, 3.05) is 0 Å². The predicted octanol–water partition coefficient (Wildman–Crippen LogP) is 6.43. The average molecular weight is 489 g/mol. The molecule has 0 atom stereocenters. The van der Waals surface area contributed by atoms with Crippen LogP contribution in [0, 0.1) is 5.92 Å². The summed E-state index contributed by atoms with van der Waals surface area (Å²) in [6, 6.07) is 13.5. The molecular formula is C27H31F3N2O3. The fourth-order valence-corrected chi connectivity index (χ4v) is 4.24. The first kappa shape index (κ1) is 26.3. The molecule has 0 saturated heterocycles. The molecule has 3 rings (SSSR count). The highest BCUT2D eigenvalue weighted by Crippen LogP contribution is 2.35. The molecule has 1 aromatic heterocycles. The zero-order valence-corrected chi connectivity index (χ0v) is 20.6. The number of halogens is 3. The van der Waals surface area contributed by atoms with Crippen molar-refractivity contribution in [3.63, 3.8) is 0 Å². The van der Waals surface area contributed by atoms with Gasteiger partial charge in [-0.15, -0.1) is 0 Å². The van der Waals surface area contributed by atoms with E-state index < -0.39 is 29.1 Å². The monoisotopic (exact) mass is 488 g/mol. The zero-order valence-electron chi connectivity index (χ0n) is 20.6. The summed E-state index contributed by atoms with van der Waals surface area (Å²) in [6.45, 7) is 8.63. The Bertz CT molecular complexity index is 1260. The Balaban J connectivity index is 2.09. The maximum Gasteiger partial charge on any atom is 0.433 e. The second-order valence-electron chi connectivity index (χ2n) is 10.1. The third kappa shape index (κ3) is 5.69. The molecule has 0 aliphatic heterocycles. The van der Waals surface area contributed by atoms with E-state index in [0.717, 1.165) is 4.57 Å². The van der Waals surface area contributed by atoms with E-state index in [2.05, 4.69) is 0 Å². The van der Waals surface area contributed by atoms with Crippen molar-refractivity contribution in [2.24, 2.45) is 5.92 Å². The Morgan fingerprint density at radius 3 is 2.11 bits per heavy atom. The Hall–Kier alpha value is -3.29. The number of nitrogens with zero attached hydrogens (tertiary/aromatic N) is 2. The Morgan fingerprint density at radius 1 is 1.00 bits per heavy atom. The lowest BCUT2D eigenvalue weighted by molar-refractivity contribution is -0.146. The highest BCUT2D eigenvalue weighted by Gasteiger charge is 2.43. The number of alkyl halides is 3. The Labute approximate surface area is 202 Å². The summed E-state index contributed by atoms with van der Waals surface area (Å²) in [5.74, 6) is -0.875. The molecule has 0 spiro atoms. The van der Waals surface area contributed by atoms with Crippen molar-refractivity contribution in [1.29, 1.82) is 0 Å². The van der Waals surface area contributed by atoms with Gasteiger partial charge in [-0.25, -0.2) is 9.59 Å². The van der Waals surface area contributed by atoms with E-state index in [1.165, 1.54) is 10.6 Å². The van der Waals surface area contributed by atoms with Crippen LogP contribution in [-0.4, -0.2) is 20.2 Å². The van der Waals surface area contributed by atoms with E-state index in [1.54, 1.807) is 63.2 Å². The SMILES string of the molecule is CC(C)CCc1c(C(F)(F)F)n(C(C)(C)C)c(=O)n1Cc1ccc(-c2ccccc2C(=O)O)cc1. The first-order valence-electron chi connectivity index (χ1n) is 11.6. The van der Waals surface area contributed by atoms with Gasteiger partial charge in [0.25, 0.3) is 0 Å². The zero-order chi connectivity index (χ0) is 26.1. The minimum Gasteiger partial charge on any atom is -0.478 e. The normalized spacial score (nSPS) is 12.4. The largest absolute Gasteiger partial charge is 0.478 e. The first-order chi connectivity index (χ1) is 16.2. The molecule has 3 aromatic rings. The number of carbonyl (C=O) groups is 1. The lowest BCUT2D eigenvalue weighted by atomic mass is 9.98. The Morgan fingerprint density at radius 2 is 1.60 bits per heavy atom. The summed E-state index contributed by atoms with van der Waals surface area (Å²) in [4.78, 5) is 24.9. The van der Waals surface area contributed by atoms with Crippen LogP contribution in [0.15, 0.2) is 53.3 Å². The summed E-state index contributed by atoms with van der Waals surface area (Å²) < 4.78 is 44.7. The average Bonchev–Trinajstić information content (AvgIpc) is 3.05. The van der Waals surface area contributed by atoms with Crippen LogP contribution in [0.5, 0.6) is 0 Å². The lowest BCUT2D eigenvalue weighted by Gasteiger charge is -2.24. The van der Waals surface area contributed by atoms with Gasteiger partial charge in [0.05, 0.1) is 17.8 Å². The van der Waals surface area contributed by atoms with Crippen LogP contribution in [-0.2, 0) is 24.7 Å². The van der Waals surface area contributed by atoms with Gasteiger partial charge in [-0.2, -0.15) is 13.2 Å². The van der Waals surface area contributed by atoms with Gasteiger partial charge >= 0.3 is 17.8 Å². The van der Waals surface area contributed by atoms with Gasteiger partial charge in [0, 0.05) is 5.54 Å². The molecule has 8 heteroatoms. The van der Waals surface area contributed by atoms with Crippen LogP contribution in [0.4, 0.5) is 13.2 Å². The van der Waals surface area contributed by atoms with E-state index in [-0.39, 0.29) is 30.1 Å². The molecule has 0 aliphatic rings. The number of imidazole rings is 1. The van der Waals surface area contributed by atoms with Crippen LogP contribution >= 0.6 is 0 Å². The number of hydrogen-bond acceptors (Lipinski definition) is 2. The molecule has 5 nitrogen and oxygen atoms in total. The standard InChI is InChI=1S/C27H31F3N2O3/c1-17(2)10-15-22-23(27(28,29)30)32(26(3,4)5)25(35)31(22)16-18-11-13-19(14-12-18)20-8-6-7-9-21(20)24(33)34/h6-9,11-14,17H,10,15-16H2,1-5H3,(H,33,34). The molecule has 0 aliphatic carbocycles. The summed E-state index contributed by atoms with van der Waals surface area (Å²) in [5, 5.41) is 9.45. The van der Waals surface area contributed by atoms with Gasteiger partial charge in [-0.1, -0.05) is 56.3 Å². The number of benzene rings is 2. The molecular weight excluding hydrogens is 457 g/mol. The van der Waals surface area contributed by atoms with Gasteiger partial charge in [0.15, 0.2) is 0 Å². The summed E-state index contributed by atoms with van der Waals surface area (Å²) in [6.07, 6.45) is -4.02. The van der Waals surface area contributed by atoms with E-state index >= 15 is 0 Å². The van der Waals surface area contributed by atoms with Crippen LogP contribution in [0.25, 0.3) is 11.1 Å². The van der Waals surface area contributed by atoms with Gasteiger partial charge in [-0.05, 0) is 62.3 Å². The maximum atomic E-state index is 14.2. The fraction of sp³-hybridized carbons (Fsp3) is 0.407. The number of carboxylic acids is 1. The molecule has 0 unspecified atom stereocenters. The second-order valence-corrected chi connectivity index (χ2v) is 10.1. The quantitative estimate of drug-likeness (QED) is 0.417.